The number of unbranched alkanes of at least 4 members (excludes halogenated alkanes) is 1. The van der Waals surface area contributed by atoms with Crippen molar-refractivity contribution in [3.63, 3.8) is 0 Å². The van der Waals surface area contributed by atoms with Crippen LogP contribution in [0.4, 0.5) is 0 Å². The zero-order valence-electron chi connectivity index (χ0n) is 12.5. The fourth-order valence-corrected chi connectivity index (χ4v) is 4.56. The van der Waals surface area contributed by atoms with Gasteiger partial charge in [0.25, 0.3) is 0 Å². The van der Waals surface area contributed by atoms with Crippen molar-refractivity contribution in [2.75, 3.05) is 0 Å². The Morgan fingerprint density at radius 1 is 1.17 bits per heavy atom. The Balaban J connectivity index is 1.69. The third-order valence-corrected chi connectivity index (χ3v) is 5.67. The minimum absolute atomic E-state index is 0.483. The highest BCUT2D eigenvalue weighted by atomic mass is 14.6. The third-order valence-electron chi connectivity index (χ3n) is 5.67. The van der Waals surface area contributed by atoms with Gasteiger partial charge in [-0.3, -0.25) is 0 Å². The van der Waals surface area contributed by atoms with Crippen molar-refractivity contribution in [1.29, 1.82) is 0 Å². The summed E-state index contributed by atoms with van der Waals surface area (Å²) in [4.78, 5) is 0. The van der Waals surface area contributed by atoms with E-state index in [9.17, 15) is 0 Å². The Kier molecular flexibility index (Phi) is 5.54. The number of nitrogens with two attached hydrogens (primary N) is 1. The zero-order valence-corrected chi connectivity index (χ0v) is 12.5. The van der Waals surface area contributed by atoms with Crippen molar-refractivity contribution in [3.05, 3.63) is 0 Å². The van der Waals surface area contributed by atoms with E-state index in [1.165, 1.54) is 64.2 Å². The second kappa shape index (κ2) is 6.93. The summed E-state index contributed by atoms with van der Waals surface area (Å²) < 4.78 is 0. The van der Waals surface area contributed by atoms with Gasteiger partial charge in [-0.15, -0.1) is 0 Å². The quantitative estimate of drug-likeness (QED) is 0.662. The van der Waals surface area contributed by atoms with Gasteiger partial charge in [0.15, 0.2) is 0 Å². The van der Waals surface area contributed by atoms with Crippen LogP contribution in [-0.2, 0) is 0 Å². The lowest BCUT2D eigenvalue weighted by Crippen LogP contribution is -2.28. The number of rotatable bonds is 8. The van der Waals surface area contributed by atoms with Gasteiger partial charge in [-0.1, -0.05) is 46.0 Å². The molecule has 5 atom stereocenters. The Labute approximate surface area is 114 Å². The van der Waals surface area contributed by atoms with E-state index < -0.39 is 0 Å². The third kappa shape index (κ3) is 3.73. The summed E-state index contributed by atoms with van der Waals surface area (Å²) >= 11 is 0. The maximum atomic E-state index is 6.43. The molecule has 0 aromatic rings. The molecule has 5 unspecified atom stereocenters. The minimum atomic E-state index is 0.483. The first-order chi connectivity index (χ1) is 8.72. The molecule has 2 fully saturated rings. The lowest BCUT2D eigenvalue weighted by atomic mass is 9.81. The van der Waals surface area contributed by atoms with Gasteiger partial charge in [-0.2, -0.15) is 0 Å². The molecule has 2 aliphatic carbocycles. The van der Waals surface area contributed by atoms with Gasteiger partial charge in [0, 0.05) is 6.04 Å². The molecule has 0 aromatic carbocycles. The predicted octanol–water partition coefficient (Wildman–Crippen LogP) is 4.75. The molecule has 2 bridgehead atoms. The largest absolute Gasteiger partial charge is 0.328 e. The van der Waals surface area contributed by atoms with Crippen LogP contribution in [0.3, 0.4) is 0 Å². The first-order valence-corrected chi connectivity index (χ1v) is 8.48. The summed E-state index contributed by atoms with van der Waals surface area (Å²) in [5, 5.41) is 0. The SMILES string of the molecule is CCCCC(CC)CC(N)CC1CC2CCC1C2. The number of hydrogen-bond acceptors (Lipinski definition) is 1. The molecule has 0 heterocycles. The Morgan fingerprint density at radius 3 is 2.56 bits per heavy atom. The standard InChI is InChI=1S/C17H33N/c1-3-5-6-13(4-2)11-17(18)12-16-10-14-7-8-15(16)9-14/h13-17H,3-12,18H2,1-2H3. The van der Waals surface area contributed by atoms with Crippen LogP contribution in [0.25, 0.3) is 0 Å². The van der Waals surface area contributed by atoms with Crippen LogP contribution in [0, 0.1) is 23.7 Å². The molecule has 2 aliphatic rings. The molecule has 0 saturated heterocycles. The Bertz CT molecular complexity index is 238. The lowest BCUT2D eigenvalue weighted by molar-refractivity contribution is 0.271. The van der Waals surface area contributed by atoms with Gasteiger partial charge in [-0.05, 0) is 55.8 Å². The van der Waals surface area contributed by atoms with Gasteiger partial charge in [-0.25, -0.2) is 0 Å². The average molecular weight is 251 g/mol. The van der Waals surface area contributed by atoms with Crippen LogP contribution in [0.1, 0.15) is 78.1 Å². The number of fused-ring (bicyclic) bond motifs is 2. The fourth-order valence-electron chi connectivity index (χ4n) is 4.56. The Morgan fingerprint density at radius 2 is 2.00 bits per heavy atom. The highest BCUT2D eigenvalue weighted by Crippen LogP contribution is 2.50. The van der Waals surface area contributed by atoms with Gasteiger partial charge < -0.3 is 5.73 Å². The summed E-state index contributed by atoms with van der Waals surface area (Å²) in [5.74, 6) is 4.01. The van der Waals surface area contributed by atoms with Crippen molar-refractivity contribution in [1.82, 2.24) is 0 Å². The van der Waals surface area contributed by atoms with Crippen molar-refractivity contribution in [2.45, 2.75) is 84.1 Å². The number of hydrogen-bond donors (Lipinski definition) is 1. The van der Waals surface area contributed by atoms with E-state index in [1.54, 1.807) is 0 Å². The van der Waals surface area contributed by atoms with Crippen LogP contribution in [-0.4, -0.2) is 6.04 Å². The molecule has 18 heavy (non-hydrogen) atoms. The predicted molar refractivity (Wildman–Crippen MR) is 79.5 cm³/mol. The highest BCUT2D eigenvalue weighted by Gasteiger charge is 2.39. The van der Waals surface area contributed by atoms with Gasteiger partial charge in [0.1, 0.15) is 0 Å². The second-order valence-electron chi connectivity index (χ2n) is 7.08. The van der Waals surface area contributed by atoms with Crippen LogP contribution >= 0.6 is 0 Å². The van der Waals surface area contributed by atoms with E-state index in [2.05, 4.69) is 13.8 Å². The normalized spacial score (nSPS) is 33.8. The maximum absolute atomic E-state index is 6.43. The molecule has 1 nitrogen and oxygen atoms in total. The second-order valence-corrected chi connectivity index (χ2v) is 7.08. The first kappa shape index (κ1) is 14.4. The summed E-state index contributed by atoms with van der Waals surface area (Å²) in [6.07, 6.45) is 14.1. The highest BCUT2D eigenvalue weighted by molar-refractivity contribution is 4.91. The Hall–Kier alpha value is -0.0400. The summed E-state index contributed by atoms with van der Waals surface area (Å²) in [7, 11) is 0. The zero-order chi connectivity index (χ0) is 13.0. The molecule has 1 heteroatoms. The molecule has 0 amide bonds. The van der Waals surface area contributed by atoms with E-state index in [-0.39, 0.29) is 0 Å². The first-order valence-electron chi connectivity index (χ1n) is 8.48. The molecule has 0 spiro atoms. The van der Waals surface area contributed by atoms with E-state index in [4.69, 9.17) is 5.73 Å². The molecule has 0 radical (unpaired) electrons. The lowest BCUT2D eigenvalue weighted by Gasteiger charge is -2.26. The van der Waals surface area contributed by atoms with Crippen molar-refractivity contribution in [2.24, 2.45) is 29.4 Å². The van der Waals surface area contributed by atoms with Crippen LogP contribution in [0.15, 0.2) is 0 Å². The van der Waals surface area contributed by atoms with Crippen LogP contribution < -0.4 is 5.73 Å². The molecule has 106 valence electrons. The van der Waals surface area contributed by atoms with E-state index >= 15 is 0 Å². The molecule has 0 aromatic heterocycles. The summed E-state index contributed by atoms with van der Waals surface area (Å²) in [6, 6.07) is 0.483. The van der Waals surface area contributed by atoms with Crippen LogP contribution in [0.2, 0.25) is 0 Å². The van der Waals surface area contributed by atoms with Gasteiger partial charge in [0.05, 0.1) is 0 Å². The van der Waals surface area contributed by atoms with Crippen molar-refractivity contribution >= 4 is 0 Å². The van der Waals surface area contributed by atoms with Crippen molar-refractivity contribution < 1.29 is 0 Å². The maximum Gasteiger partial charge on any atom is 0.00442 e. The van der Waals surface area contributed by atoms with E-state index in [0.29, 0.717) is 6.04 Å². The van der Waals surface area contributed by atoms with Gasteiger partial charge >= 0.3 is 0 Å². The summed E-state index contributed by atoms with van der Waals surface area (Å²) in [6.45, 7) is 4.63. The smallest absolute Gasteiger partial charge is 0.00442 e. The topological polar surface area (TPSA) is 26.0 Å². The van der Waals surface area contributed by atoms with E-state index in [1.807, 2.05) is 0 Å². The minimum Gasteiger partial charge on any atom is -0.328 e. The van der Waals surface area contributed by atoms with Gasteiger partial charge in [0.2, 0.25) is 0 Å². The molecule has 2 saturated carbocycles. The molecular weight excluding hydrogens is 218 g/mol. The van der Waals surface area contributed by atoms with Crippen LogP contribution in [0.5, 0.6) is 0 Å². The molecule has 0 aliphatic heterocycles. The van der Waals surface area contributed by atoms with Crippen molar-refractivity contribution in [3.8, 4) is 0 Å². The van der Waals surface area contributed by atoms with E-state index in [0.717, 1.165) is 23.7 Å². The summed E-state index contributed by atoms with van der Waals surface area (Å²) in [5.41, 5.74) is 6.43. The molecule has 2 rings (SSSR count). The fraction of sp³-hybridized carbons (Fsp3) is 1.00. The monoisotopic (exact) mass is 251 g/mol. The average Bonchev–Trinajstić information content (AvgIpc) is 2.96. The molecular formula is C17H33N. The molecule has 2 N–H and O–H groups in total.